The Morgan fingerprint density at radius 1 is 1.33 bits per heavy atom. The lowest BCUT2D eigenvalue weighted by Crippen LogP contribution is -2.28. The van der Waals surface area contributed by atoms with E-state index in [0.717, 1.165) is 18.4 Å². The van der Waals surface area contributed by atoms with Crippen molar-refractivity contribution in [1.82, 2.24) is 5.43 Å². The highest BCUT2D eigenvalue weighted by Crippen LogP contribution is 2.35. The number of hydrazine groups is 1. The predicted octanol–water partition coefficient (Wildman–Crippen LogP) is 2.01. The van der Waals surface area contributed by atoms with E-state index in [2.05, 4.69) is 17.3 Å². The Bertz CT molecular complexity index is 435. The van der Waals surface area contributed by atoms with Gasteiger partial charge in [-0.25, -0.2) is 0 Å². The second-order valence-corrected chi connectivity index (χ2v) is 3.77. The van der Waals surface area contributed by atoms with E-state index in [1.54, 1.807) is 14.2 Å². The van der Waals surface area contributed by atoms with Gasteiger partial charge in [-0.1, -0.05) is 12.1 Å². The third-order valence-corrected chi connectivity index (χ3v) is 2.74. The van der Waals surface area contributed by atoms with Gasteiger partial charge in [-0.05, 0) is 19.4 Å². The lowest BCUT2D eigenvalue weighted by Gasteiger charge is -2.19. The molecule has 4 nitrogen and oxygen atoms in total. The minimum absolute atomic E-state index is 0.00380. The number of hydrogen-bond acceptors (Lipinski definition) is 4. The van der Waals surface area contributed by atoms with Crippen LogP contribution in [-0.2, 0) is 0 Å². The third kappa shape index (κ3) is 3.39. The quantitative estimate of drug-likeness (QED) is 0.459. The van der Waals surface area contributed by atoms with Gasteiger partial charge in [0.25, 0.3) is 0 Å². The molecule has 0 amide bonds. The highest BCUT2D eigenvalue weighted by Gasteiger charge is 2.17. The van der Waals surface area contributed by atoms with E-state index >= 15 is 0 Å². The normalized spacial score (nSPS) is 11.3. The molecule has 0 aliphatic heterocycles. The zero-order chi connectivity index (χ0) is 13.4. The summed E-state index contributed by atoms with van der Waals surface area (Å²) in [6.07, 6.45) is 1.60. The van der Waals surface area contributed by atoms with Crippen LogP contribution in [0.3, 0.4) is 0 Å². The van der Waals surface area contributed by atoms with Crippen molar-refractivity contribution in [3.8, 4) is 23.3 Å². The fourth-order valence-corrected chi connectivity index (χ4v) is 1.86. The molecule has 0 spiro atoms. The van der Waals surface area contributed by atoms with Gasteiger partial charge in [0.05, 0.1) is 20.3 Å². The number of hydrogen-bond donors (Lipinski definition) is 2. The SMILES string of the molecule is CC#CCCC(NN)c1cccc(OC)c1OC. The number of nitrogens with two attached hydrogens (primary N) is 1. The Balaban J connectivity index is 2.99. The molecule has 0 radical (unpaired) electrons. The number of benzene rings is 1. The minimum atomic E-state index is -0.00380. The van der Waals surface area contributed by atoms with Gasteiger partial charge >= 0.3 is 0 Å². The molecule has 3 N–H and O–H groups in total. The largest absolute Gasteiger partial charge is 0.493 e. The summed E-state index contributed by atoms with van der Waals surface area (Å²) < 4.78 is 10.7. The standard InChI is InChI=1S/C14H20N2O2/c1-4-5-6-9-12(16-15)11-8-7-10-13(17-2)14(11)18-3/h7-8,10,12,16H,6,9,15H2,1-3H3. The molecule has 0 aromatic heterocycles. The zero-order valence-electron chi connectivity index (χ0n) is 11.1. The molecule has 98 valence electrons. The maximum absolute atomic E-state index is 5.61. The first-order chi connectivity index (χ1) is 8.78. The Morgan fingerprint density at radius 2 is 2.11 bits per heavy atom. The van der Waals surface area contributed by atoms with E-state index in [9.17, 15) is 0 Å². The van der Waals surface area contributed by atoms with Crippen LogP contribution in [0.5, 0.6) is 11.5 Å². The first-order valence-electron chi connectivity index (χ1n) is 5.85. The van der Waals surface area contributed by atoms with Gasteiger partial charge in [0.15, 0.2) is 11.5 Å². The Morgan fingerprint density at radius 3 is 2.67 bits per heavy atom. The average molecular weight is 248 g/mol. The molecule has 18 heavy (non-hydrogen) atoms. The van der Waals surface area contributed by atoms with E-state index < -0.39 is 0 Å². The molecular weight excluding hydrogens is 228 g/mol. The van der Waals surface area contributed by atoms with Crippen LogP contribution >= 0.6 is 0 Å². The van der Waals surface area contributed by atoms with Crippen LogP contribution in [0.4, 0.5) is 0 Å². The maximum atomic E-state index is 5.61. The fraction of sp³-hybridized carbons (Fsp3) is 0.429. The molecule has 0 bridgehead atoms. The molecule has 1 rings (SSSR count). The average Bonchev–Trinajstić information content (AvgIpc) is 2.42. The van der Waals surface area contributed by atoms with Crippen LogP contribution in [0.1, 0.15) is 31.4 Å². The number of methoxy groups -OCH3 is 2. The van der Waals surface area contributed by atoms with Crippen LogP contribution in [0.2, 0.25) is 0 Å². The Kier molecular flexibility index (Phi) is 6.06. The highest BCUT2D eigenvalue weighted by atomic mass is 16.5. The molecule has 0 heterocycles. The van der Waals surface area contributed by atoms with Crippen molar-refractivity contribution in [2.24, 2.45) is 5.84 Å². The number of rotatable bonds is 6. The Labute approximate surface area is 108 Å². The number of nitrogens with one attached hydrogen (secondary N) is 1. The second kappa shape index (κ2) is 7.59. The van der Waals surface area contributed by atoms with Gasteiger partial charge in [0, 0.05) is 12.0 Å². The topological polar surface area (TPSA) is 56.5 Å². The van der Waals surface area contributed by atoms with Gasteiger partial charge in [0.1, 0.15) is 0 Å². The lowest BCUT2D eigenvalue weighted by atomic mass is 10.0. The molecule has 4 heteroatoms. The molecule has 1 atom stereocenters. The predicted molar refractivity (Wildman–Crippen MR) is 72.3 cm³/mol. The van der Waals surface area contributed by atoms with E-state index in [-0.39, 0.29) is 6.04 Å². The summed E-state index contributed by atoms with van der Waals surface area (Å²) >= 11 is 0. The summed E-state index contributed by atoms with van der Waals surface area (Å²) in [5, 5.41) is 0. The smallest absolute Gasteiger partial charge is 0.165 e. The van der Waals surface area contributed by atoms with Gasteiger partial charge in [-0.3, -0.25) is 11.3 Å². The minimum Gasteiger partial charge on any atom is -0.493 e. The van der Waals surface area contributed by atoms with Crippen LogP contribution in [0.15, 0.2) is 18.2 Å². The summed E-state index contributed by atoms with van der Waals surface area (Å²) in [6.45, 7) is 1.83. The Hall–Kier alpha value is -1.70. The van der Waals surface area contributed by atoms with Crippen LogP contribution < -0.4 is 20.7 Å². The third-order valence-electron chi connectivity index (χ3n) is 2.74. The van der Waals surface area contributed by atoms with Gasteiger partial charge in [-0.15, -0.1) is 11.8 Å². The number of para-hydroxylation sites is 1. The first-order valence-corrected chi connectivity index (χ1v) is 5.85. The van der Waals surface area contributed by atoms with Gasteiger partial charge < -0.3 is 9.47 Å². The van der Waals surface area contributed by atoms with E-state index in [1.807, 2.05) is 25.1 Å². The van der Waals surface area contributed by atoms with Gasteiger partial charge in [0.2, 0.25) is 0 Å². The van der Waals surface area contributed by atoms with Crippen molar-refractivity contribution in [3.05, 3.63) is 23.8 Å². The van der Waals surface area contributed by atoms with E-state index in [0.29, 0.717) is 11.5 Å². The van der Waals surface area contributed by atoms with Crippen molar-refractivity contribution < 1.29 is 9.47 Å². The summed E-state index contributed by atoms with van der Waals surface area (Å²) in [5.41, 5.74) is 3.78. The van der Waals surface area contributed by atoms with E-state index in [1.165, 1.54) is 0 Å². The van der Waals surface area contributed by atoms with Crippen LogP contribution in [-0.4, -0.2) is 14.2 Å². The fourth-order valence-electron chi connectivity index (χ4n) is 1.86. The van der Waals surface area contributed by atoms with E-state index in [4.69, 9.17) is 15.3 Å². The van der Waals surface area contributed by atoms with Crippen LogP contribution in [0.25, 0.3) is 0 Å². The highest BCUT2D eigenvalue weighted by molar-refractivity contribution is 5.48. The summed E-state index contributed by atoms with van der Waals surface area (Å²) in [6, 6.07) is 5.76. The van der Waals surface area contributed by atoms with Crippen molar-refractivity contribution in [1.29, 1.82) is 0 Å². The van der Waals surface area contributed by atoms with Gasteiger partial charge in [-0.2, -0.15) is 0 Å². The molecule has 0 aliphatic carbocycles. The number of ether oxygens (including phenoxy) is 2. The molecule has 0 saturated heterocycles. The van der Waals surface area contributed by atoms with Crippen LogP contribution in [0, 0.1) is 11.8 Å². The maximum Gasteiger partial charge on any atom is 0.165 e. The summed E-state index contributed by atoms with van der Waals surface area (Å²) in [4.78, 5) is 0. The summed E-state index contributed by atoms with van der Waals surface area (Å²) in [7, 11) is 3.25. The molecule has 0 fully saturated rings. The lowest BCUT2D eigenvalue weighted by molar-refractivity contribution is 0.345. The van der Waals surface area contributed by atoms with Crippen molar-refractivity contribution in [2.45, 2.75) is 25.8 Å². The molecular formula is C14H20N2O2. The zero-order valence-corrected chi connectivity index (χ0v) is 11.1. The van der Waals surface area contributed by atoms with Crippen molar-refractivity contribution >= 4 is 0 Å². The monoisotopic (exact) mass is 248 g/mol. The molecule has 0 saturated carbocycles. The molecule has 1 aromatic carbocycles. The molecule has 1 unspecified atom stereocenters. The van der Waals surface area contributed by atoms with Crippen molar-refractivity contribution in [3.63, 3.8) is 0 Å². The first kappa shape index (κ1) is 14.4. The van der Waals surface area contributed by atoms with Crippen molar-refractivity contribution in [2.75, 3.05) is 14.2 Å². The molecule has 0 aliphatic rings. The second-order valence-electron chi connectivity index (χ2n) is 3.77. The molecule has 1 aromatic rings. The summed E-state index contributed by atoms with van der Waals surface area (Å²) in [5.74, 6) is 12.9.